The average Bonchev–Trinajstić information content (AvgIpc) is 2.61. The molecule has 1 saturated heterocycles. The summed E-state index contributed by atoms with van der Waals surface area (Å²) in [4.78, 5) is 26.1. The topological polar surface area (TPSA) is 61.4 Å². The Bertz CT molecular complexity index is 753. The minimum absolute atomic E-state index is 0.204. The Hall–Kier alpha value is -2.47. The van der Waals surface area contributed by atoms with Gasteiger partial charge in [0, 0.05) is 37.9 Å². The van der Waals surface area contributed by atoms with Crippen LogP contribution in [-0.4, -0.2) is 53.5 Å². The van der Waals surface area contributed by atoms with Crippen molar-refractivity contribution in [2.24, 2.45) is 0 Å². The number of nitrogens with one attached hydrogen (secondary N) is 1. The van der Waals surface area contributed by atoms with E-state index in [9.17, 15) is 4.79 Å². The zero-order chi connectivity index (χ0) is 17.8. The van der Waals surface area contributed by atoms with E-state index in [2.05, 4.69) is 32.0 Å². The van der Waals surface area contributed by atoms with E-state index in [0.717, 1.165) is 49.8 Å². The number of carbonyl (C=O) groups excluding carboxylic acids is 1. The van der Waals surface area contributed by atoms with Gasteiger partial charge in [-0.15, -0.1) is 0 Å². The van der Waals surface area contributed by atoms with Gasteiger partial charge >= 0.3 is 0 Å². The first-order valence-electron chi connectivity index (χ1n) is 8.76. The summed E-state index contributed by atoms with van der Waals surface area (Å²) in [7, 11) is 0. The van der Waals surface area contributed by atoms with E-state index >= 15 is 0 Å². The zero-order valence-electron chi connectivity index (χ0n) is 15.1. The Kier molecular flexibility index (Phi) is 5.28. The third kappa shape index (κ3) is 4.33. The van der Waals surface area contributed by atoms with Crippen molar-refractivity contribution in [3.63, 3.8) is 0 Å². The Morgan fingerprint density at radius 3 is 2.56 bits per heavy atom. The molecule has 0 atom stereocenters. The average molecular weight is 339 g/mol. The van der Waals surface area contributed by atoms with Crippen molar-refractivity contribution in [3.05, 3.63) is 47.4 Å². The van der Waals surface area contributed by atoms with E-state index in [1.165, 1.54) is 0 Å². The summed E-state index contributed by atoms with van der Waals surface area (Å²) >= 11 is 0. The summed E-state index contributed by atoms with van der Waals surface area (Å²) in [6.07, 6.45) is 0. The quantitative estimate of drug-likeness (QED) is 0.927. The fourth-order valence-electron chi connectivity index (χ4n) is 3.04. The van der Waals surface area contributed by atoms with Crippen LogP contribution in [0, 0.1) is 13.8 Å². The molecule has 0 spiro atoms. The lowest BCUT2D eigenvalue weighted by Crippen LogP contribution is -2.46. The first-order chi connectivity index (χ1) is 12.0. The molecule has 1 amide bonds. The number of rotatable bonds is 4. The van der Waals surface area contributed by atoms with Crippen molar-refractivity contribution in [1.29, 1.82) is 0 Å². The van der Waals surface area contributed by atoms with E-state index in [1.54, 1.807) is 6.07 Å². The number of piperazine rings is 1. The fraction of sp³-hybridized carbons (Fsp3) is 0.421. The molecule has 0 saturated carbocycles. The highest BCUT2D eigenvalue weighted by Crippen LogP contribution is 2.17. The van der Waals surface area contributed by atoms with E-state index in [1.807, 2.05) is 38.1 Å². The molecule has 6 heteroatoms. The molecule has 1 aliphatic rings. The number of anilines is 2. The summed E-state index contributed by atoms with van der Waals surface area (Å²) in [6.45, 7) is 11.0. The van der Waals surface area contributed by atoms with Gasteiger partial charge in [0.25, 0.3) is 5.91 Å². The van der Waals surface area contributed by atoms with E-state index < -0.39 is 0 Å². The maximum atomic E-state index is 12.6. The van der Waals surface area contributed by atoms with Crippen LogP contribution in [0.25, 0.3) is 0 Å². The van der Waals surface area contributed by atoms with Crippen molar-refractivity contribution in [2.75, 3.05) is 42.9 Å². The predicted molar refractivity (Wildman–Crippen MR) is 100 cm³/mol. The number of likely N-dealkylation sites (N-methyl/N-ethyl adjacent to an activating group) is 1. The van der Waals surface area contributed by atoms with Crippen LogP contribution in [0.4, 0.5) is 11.5 Å². The number of amides is 1. The van der Waals surface area contributed by atoms with Crippen LogP contribution in [0.2, 0.25) is 0 Å². The molecule has 25 heavy (non-hydrogen) atoms. The van der Waals surface area contributed by atoms with Crippen molar-refractivity contribution in [3.8, 4) is 0 Å². The highest BCUT2D eigenvalue weighted by atomic mass is 16.1. The number of hydrogen-bond acceptors (Lipinski definition) is 5. The summed E-state index contributed by atoms with van der Waals surface area (Å²) < 4.78 is 0. The van der Waals surface area contributed by atoms with Crippen LogP contribution in [0.15, 0.2) is 30.3 Å². The molecule has 1 aromatic heterocycles. The lowest BCUT2D eigenvalue weighted by atomic mass is 10.2. The van der Waals surface area contributed by atoms with Gasteiger partial charge in [-0.2, -0.15) is 0 Å². The molecule has 0 unspecified atom stereocenters. The zero-order valence-corrected chi connectivity index (χ0v) is 15.1. The Balaban J connectivity index is 1.76. The van der Waals surface area contributed by atoms with Gasteiger partial charge in [0.2, 0.25) is 0 Å². The van der Waals surface area contributed by atoms with Gasteiger partial charge in [-0.3, -0.25) is 4.79 Å². The lowest BCUT2D eigenvalue weighted by Gasteiger charge is -2.34. The van der Waals surface area contributed by atoms with Gasteiger partial charge in [-0.05, 0) is 38.1 Å². The standard InChI is InChI=1S/C19H25N5O/c1-4-23-8-10-24(11-9-23)18-13-17(20-15(3)21-18)19(25)22-16-7-5-6-14(2)12-16/h5-7,12-13H,4,8-11H2,1-3H3,(H,22,25). The van der Waals surface area contributed by atoms with Gasteiger partial charge in [0.1, 0.15) is 17.3 Å². The van der Waals surface area contributed by atoms with Gasteiger partial charge < -0.3 is 15.1 Å². The number of nitrogens with zero attached hydrogens (tertiary/aromatic N) is 4. The summed E-state index contributed by atoms with van der Waals surface area (Å²) in [6, 6.07) is 9.54. The first-order valence-corrected chi connectivity index (χ1v) is 8.76. The number of benzene rings is 1. The Labute approximate surface area is 148 Å². The van der Waals surface area contributed by atoms with Crippen molar-refractivity contribution < 1.29 is 4.79 Å². The van der Waals surface area contributed by atoms with Crippen LogP contribution < -0.4 is 10.2 Å². The highest BCUT2D eigenvalue weighted by Gasteiger charge is 2.19. The molecule has 6 nitrogen and oxygen atoms in total. The number of hydrogen-bond donors (Lipinski definition) is 1. The van der Waals surface area contributed by atoms with E-state index in [0.29, 0.717) is 11.5 Å². The van der Waals surface area contributed by atoms with Gasteiger partial charge in [-0.25, -0.2) is 9.97 Å². The molecular formula is C19H25N5O. The molecule has 2 aromatic rings. The van der Waals surface area contributed by atoms with Crippen LogP contribution >= 0.6 is 0 Å². The molecule has 0 bridgehead atoms. The molecule has 0 aliphatic carbocycles. The van der Waals surface area contributed by atoms with Crippen LogP contribution in [0.5, 0.6) is 0 Å². The second-order valence-electron chi connectivity index (χ2n) is 6.40. The predicted octanol–water partition coefficient (Wildman–Crippen LogP) is 2.49. The van der Waals surface area contributed by atoms with Gasteiger partial charge in [-0.1, -0.05) is 19.1 Å². The summed E-state index contributed by atoms with van der Waals surface area (Å²) in [5.74, 6) is 1.24. The van der Waals surface area contributed by atoms with Crippen molar-refractivity contribution >= 4 is 17.4 Å². The minimum Gasteiger partial charge on any atom is -0.354 e. The second-order valence-corrected chi connectivity index (χ2v) is 6.40. The smallest absolute Gasteiger partial charge is 0.274 e. The SMILES string of the molecule is CCN1CCN(c2cc(C(=O)Nc3cccc(C)c3)nc(C)n2)CC1. The minimum atomic E-state index is -0.204. The second kappa shape index (κ2) is 7.61. The summed E-state index contributed by atoms with van der Waals surface area (Å²) in [5, 5.41) is 2.92. The van der Waals surface area contributed by atoms with E-state index in [4.69, 9.17) is 0 Å². The maximum absolute atomic E-state index is 12.6. The molecule has 1 N–H and O–H groups in total. The van der Waals surface area contributed by atoms with Crippen LogP contribution in [-0.2, 0) is 0 Å². The Morgan fingerprint density at radius 1 is 1.12 bits per heavy atom. The molecule has 1 aliphatic heterocycles. The number of aromatic nitrogens is 2. The number of aryl methyl sites for hydroxylation is 2. The molecule has 0 radical (unpaired) electrons. The molecule has 2 heterocycles. The maximum Gasteiger partial charge on any atom is 0.274 e. The lowest BCUT2D eigenvalue weighted by molar-refractivity contribution is 0.102. The Morgan fingerprint density at radius 2 is 1.88 bits per heavy atom. The largest absolute Gasteiger partial charge is 0.354 e. The van der Waals surface area contributed by atoms with Crippen molar-refractivity contribution in [1.82, 2.24) is 14.9 Å². The third-order valence-corrected chi connectivity index (χ3v) is 4.48. The van der Waals surface area contributed by atoms with E-state index in [-0.39, 0.29) is 5.91 Å². The molecular weight excluding hydrogens is 314 g/mol. The molecule has 3 rings (SSSR count). The van der Waals surface area contributed by atoms with Gasteiger partial charge in [0.15, 0.2) is 0 Å². The highest BCUT2D eigenvalue weighted by molar-refractivity contribution is 6.03. The molecule has 1 fully saturated rings. The van der Waals surface area contributed by atoms with Crippen molar-refractivity contribution in [2.45, 2.75) is 20.8 Å². The first kappa shape index (κ1) is 17.4. The van der Waals surface area contributed by atoms with Crippen LogP contribution in [0.1, 0.15) is 28.8 Å². The normalized spacial score (nSPS) is 15.2. The summed E-state index contributed by atoms with van der Waals surface area (Å²) in [5.41, 5.74) is 2.28. The fourth-order valence-corrected chi connectivity index (χ4v) is 3.04. The molecule has 132 valence electrons. The molecule has 1 aromatic carbocycles. The van der Waals surface area contributed by atoms with Crippen LogP contribution in [0.3, 0.4) is 0 Å². The monoisotopic (exact) mass is 339 g/mol. The number of carbonyl (C=O) groups is 1. The third-order valence-electron chi connectivity index (χ3n) is 4.48. The van der Waals surface area contributed by atoms with Gasteiger partial charge in [0.05, 0.1) is 0 Å².